The van der Waals surface area contributed by atoms with Crippen molar-refractivity contribution in [2.24, 2.45) is 0 Å². The number of thioether (sulfide) groups is 1. The van der Waals surface area contributed by atoms with E-state index in [0.717, 1.165) is 11.8 Å². The van der Waals surface area contributed by atoms with E-state index in [1.807, 2.05) is 6.07 Å². The lowest BCUT2D eigenvalue weighted by Crippen LogP contribution is -2.14. The van der Waals surface area contributed by atoms with Crippen LogP contribution in [-0.4, -0.2) is 33.6 Å². The number of aromatic carboxylic acids is 1. The number of rotatable bonds is 5. The van der Waals surface area contributed by atoms with Crippen molar-refractivity contribution < 1.29 is 19.8 Å². The molecular weight excluding hydrogens is 256 g/mol. The molecule has 0 aromatic heterocycles. The van der Waals surface area contributed by atoms with Crippen LogP contribution >= 0.6 is 11.8 Å². The number of carbonyl (C=O) groups is 2. The first-order valence-electron chi connectivity index (χ1n) is 4.85. The number of carboxylic acids is 1. The summed E-state index contributed by atoms with van der Waals surface area (Å²) in [6, 6.07) is 5.66. The number of carbonyl (C=O) groups excluding carboxylic acids is 1. The summed E-state index contributed by atoms with van der Waals surface area (Å²) in [6.45, 7) is 0. The number of aromatic hydroxyl groups is 1. The van der Waals surface area contributed by atoms with Crippen LogP contribution in [-0.2, 0) is 4.79 Å². The van der Waals surface area contributed by atoms with Crippen LogP contribution < -0.4 is 5.32 Å². The molecule has 0 radical (unpaired) electrons. The molecule has 1 amide bonds. The monoisotopic (exact) mass is 266 g/mol. The molecule has 6 nitrogen and oxygen atoms in total. The van der Waals surface area contributed by atoms with E-state index in [4.69, 9.17) is 10.4 Å². The highest BCUT2D eigenvalue weighted by Gasteiger charge is 2.11. The predicted octanol–water partition coefficient (Wildman–Crippen LogP) is 1.29. The molecule has 0 bridgehead atoms. The number of nitrogens with zero attached hydrogens (tertiary/aromatic N) is 1. The minimum Gasteiger partial charge on any atom is -0.507 e. The maximum Gasteiger partial charge on any atom is 0.339 e. The molecule has 0 saturated heterocycles. The molecule has 0 saturated carbocycles. The van der Waals surface area contributed by atoms with Crippen LogP contribution in [0.2, 0.25) is 0 Å². The minimum absolute atomic E-state index is 0.108. The highest BCUT2D eigenvalue weighted by atomic mass is 32.2. The smallest absolute Gasteiger partial charge is 0.339 e. The molecule has 94 valence electrons. The molecule has 0 fully saturated rings. The Balaban J connectivity index is 2.68. The molecular formula is C11H10N2O4S. The number of carboxylic acid groups (broad SMARTS) is 1. The molecule has 0 atom stereocenters. The second-order valence-corrected chi connectivity index (χ2v) is 4.22. The summed E-state index contributed by atoms with van der Waals surface area (Å²) in [5, 5.41) is 28.8. The lowest BCUT2D eigenvalue weighted by molar-refractivity contribution is -0.113. The summed E-state index contributed by atoms with van der Waals surface area (Å²) in [4.78, 5) is 22.2. The van der Waals surface area contributed by atoms with E-state index in [0.29, 0.717) is 0 Å². The average Bonchev–Trinajstić information content (AvgIpc) is 2.31. The second kappa shape index (κ2) is 6.51. The van der Waals surface area contributed by atoms with Crippen molar-refractivity contribution >= 4 is 29.3 Å². The lowest BCUT2D eigenvalue weighted by atomic mass is 10.2. The van der Waals surface area contributed by atoms with Crippen LogP contribution in [0, 0.1) is 11.3 Å². The third-order valence-electron chi connectivity index (χ3n) is 1.91. The zero-order chi connectivity index (χ0) is 13.5. The second-order valence-electron chi connectivity index (χ2n) is 3.24. The Morgan fingerprint density at radius 1 is 1.44 bits per heavy atom. The number of benzene rings is 1. The fourth-order valence-corrected chi connectivity index (χ4v) is 1.62. The van der Waals surface area contributed by atoms with Gasteiger partial charge in [-0.25, -0.2) is 4.79 Å². The van der Waals surface area contributed by atoms with Crippen LogP contribution in [0.15, 0.2) is 18.2 Å². The van der Waals surface area contributed by atoms with Crippen LogP contribution in [0.3, 0.4) is 0 Å². The van der Waals surface area contributed by atoms with E-state index >= 15 is 0 Å². The third-order valence-corrected chi connectivity index (χ3v) is 2.71. The zero-order valence-corrected chi connectivity index (χ0v) is 10.0. The van der Waals surface area contributed by atoms with Gasteiger partial charge in [0.15, 0.2) is 0 Å². The number of amides is 1. The van der Waals surface area contributed by atoms with Gasteiger partial charge in [-0.1, -0.05) is 0 Å². The normalized spacial score (nSPS) is 9.50. The third kappa shape index (κ3) is 3.99. The predicted molar refractivity (Wildman–Crippen MR) is 66.6 cm³/mol. The first-order chi connectivity index (χ1) is 8.54. The van der Waals surface area contributed by atoms with E-state index in [-0.39, 0.29) is 34.4 Å². The Kier molecular flexibility index (Phi) is 5.02. The first-order valence-corrected chi connectivity index (χ1v) is 6.01. The van der Waals surface area contributed by atoms with E-state index in [1.165, 1.54) is 18.2 Å². The van der Waals surface area contributed by atoms with Crippen molar-refractivity contribution in [1.82, 2.24) is 0 Å². The van der Waals surface area contributed by atoms with Crippen LogP contribution in [0.25, 0.3) is 0 Å². The van der Waals surface area contributed by atoms with Gasteiger partial charge in [-0.3, -0.25) is 4.79 Å². The number of nitrogens with one attached hydrogen (secondary N) is 1. The fraction of sp³-hybridized carbons (Fsp3) is 0.182. The molecule has 0 unspecified atom stereocenters. The van der Waals surface area contributed by atoms with Gasteiger partial charge >= 0.3 is 5.97 Å². The van der Waals surface area contributed by atoms with E-state index < -0.39 is 5.97 Å². The Morgan fingerprint density at radius 2 is 2.17 bits per heavy atom. The van der Waals surface area contributed by atoms with E-state index in [9.17, 15) is 14.7 Å². The maximum absolute atomic E-state index is 11.4. The van der Waals surface area contributed by atoms with Crippen LogP contribution in [0.1, 0.15) is 10.4 Å². The SMILES string of the molecule is N#CCSCC(=O)Nc1ccc(O)c(C(=O)O)c1. The van der Waals surface area contributed by atoms with E-state index in [1.54, 1.807) is 0 Å². The fourth-order valence-electron chi connectivity index (χ4n) is 1.17. The van der Waals surface area contributed by atoms with Gasteiger partial charge < -0.3 is 15.5 Å². The van der Waals surface area contributed by atoms with Gasteiger partial charge in [0.05, 0.1) is 17.6 Å². The average molecular weight is 266 g/mol. The molecule has 1 aromatic rings. The van der Waals surface area contributed by atoms with Crippen molar-refractivity contribution in [2.75, 3.05) is 16.8 Å². The highest BCUT2D eigenvalue weighted by Crippen LogP contribution is 2.21. The summed E-state index contributed by atoms with van der Waals surface area (Å²) >= 11 is 1.16. The largest absolute Gasteiger partial charge is 0.507 e. The number of hydrogen-bond donors (Lipinski definition) is 3. The molecule has 1 rings (SSSR count). The number of phenols is 1. The molecule has 0 heterocycles. The van der Waals surface area contributed by atoms with Gasteiger partial charge in [0.25, 0.3) is 0 Å². The van der Waals surface area contributed by atoms with Gasteiger partial charge in [0.2, 0.25) is 5.91 Å². The Morgan fingerprint density at radius 3 is 2.78 bits per heavy atom. The number of nitriles is 1. The van der Waals surface area contributed by atoms with Crippen LogP contribution in [0.4, 0.5) is 5.69 Å². The molecule has 7 heteroatoms. The highest BCUT2D eigenvalue weighted by molar-refractivity contribution is 8.00. The molecule has 0 aliphatic heterocycles. The van der Waals surface area contributed by atoms with E-state index in [2.05, 4.69) is 5.32 Å². The Labute approximate surface area is 107 Å². The molecule has 1 aromatic carbocycles. The van der Waals surface area contributed by atoms with Gasteiger partial charge in [0, 0.05) is 5.69 Å². The summed E-state index contributed by atoms with van der Waals surface area (Å²) in [7, 11) is 0. The minimum atomic E-state index is -1.28. The number of hydrogen-bond acceptors (Lipinski definition) is 5. The van der Waals surface area contributed by atoms with Crippen molar-refractivity contribution in [2.45, 2.75) is 0 Å². The van der Waals surface area contributed by atoms with Crippen molar-refractivity contribution in [3.8, 4) is 11.8 Å². The molecule has 0 aliphatic rings. The Bertz CT molecular complexity index is 510. The van der Waals surface area contributed by atoms with Gasteiger partial charge in [-0.05, 0) is 18.2 Å². The molecule has 3 N–H and O–H groups in total. The topological polar surface area (TPSA) is 110 Å². The number of anilines is 1. The van der Waals surface area contributed by atoms with Gasteiger partial charge in [-0.15, -0.1) is 11.8 Å². The summed E-state index contributed by atoms with van der Waals surface area (Å²) in [5.41, 5.74) is 0.00485. The Hall–Kier alpha value is -2.20. The van der Waals surface area contributed by atoms with Gasteiger partial charge in [-0.2, -0.15) is 5.26 Å². The zero-order valence-electron chi connectivity index (χ0n) is 9.21. The van der Waals surface area contributed by atoms with Crippen molar-refractivity contribution in [1.29, 1.82) is 5.26 Å². The van der Waals surface area contributed by atoms with Gasteiger partial charge in [0.1, 0.15) is 11.3 Å². The molecule has 18 heavy (non-hydrogen) atoms. The lowest BCUT2D eigenvalue weighted by Gasteiger charge is -2.06. The summed E-state index contributed by atoms with van der Waals surface area (Å²) in [5.74, 6) is -1.65. The van der Waals surface area contributed by atoms with Crippen molar-refractivity contribution in [3.63, 3.8) is 0 Å². The first kappa shape index (κ1) is 13.9. The molecule has 0 aliphatic carbocycles. The van der Waals surface area contributed by atoms with Crippen LogP contribution in [0.5, 0.6) is 5.75 Å². The summed E-state index contributed by atoms with van der Waals surface area (Å²) in [6.07, 6.45) is 0. The van der Waals surface area contributed by atoms with Crippen molar-refractivity contribution in [3.05, 3.63) is 23.8 Å². The quantitative estimate of drug-likeness (QED) is 0.547. The maximum atomic E-state index is 11.4. The summed E-state index contributed by atoms with van der Waals surface area (Å²) < 4.78 is 0. The molecule has 0 spiro atoms. The standard InChI is InChI=1S/C11H10N2O4S/c12-3-4-18-6-10(15)13-7-1-2-9(14)8(5-7)11(16)17/h1-2,5,14H,4,6H2,(H,13,15)(H,16,17).